The first-order valence-electron chi connectivity index (χ1n) is 11.0. The van der Waals surface area contributed by atoms with Crippen LogP contribution in [0, 0.1) is 6.92 Å². The largest absolute Gasteiger partial charge is 0.493 e. The third kappa shape index (κ3) is 4.93. The summed E-state index contributed by atoms with van der Waals surface area (Å²) in [5, 5.41) is 4.50. The maximum absolute atomic E-state index is 14.0. The van der Waals surface area contributed by atoms with Gasteiger partial charge in [-0.3, -0.25) is 9.10 Å². The zero-order chi connectivity index (χ0) is 25.9. The van der Waals surface area contributed by atoms with Crippen LogP contribution in [0.5, 0.6) is 11.5 Å². The van der Waals surface area contributed by atoms with Crippen molar-refractivity contribution in [2.75, 3.05) is 30.9 Å². The van der Waals surface area contributed by atoms with Crippen LogP contribution in [-0.4, -0.2) is 35.6 Å². The van der Waals surface area contributed by atoms with Crippen LogP contribution in [-0.2, 0) is 10.0 Å². The first-order valence-corrected chi connectivity index (χ1v) is 13.3. The van der Waals surface area contributed by atoms with Gasteiger partial charge in [-0.1, -0.05) is 48.0 Å². The third-order valence-corrected chi connectivity index (χ3v) is 8.67. The summed E-state index contributed by atoms with van der Waals surface area (Å²) in [4.78, 5) is 13.5. The highest BCUT2D eigenvalue weighted by molar-refractivity contribution is 7.93. The SMILES string of the molecule is COc1ccc(NC(=O)c2scc(-c3ccccc3)c2S(=O)(=O)N(C)c2ccc(C)cc2)cc1OC. The van der Waals surface area contributed by atoms with Gasteiger partial charge in [0, 0.05) is 29.7 Å². The van der Waals surface area contributed by atoms with Crippen molar-refractivity contribution in [2.24, 2.45) is 0 Å². The topological polar surface area (TPSA) is 84.9 Å². The number of amides is 1. The van der Waals surface area contributed by atoms with Crippen LogP contribution < -0.4 is 19.1 Å². The van der Waals surface area contributed by atoms with Crippen molar-refractivity contribution in [3.05, 3.63) is 88.6 Å². The predicted molar refractivity (Wildman–Crippen MR) is 144 cm³/mol. The molecule has 9 heteroatoms. The maximum Gasteiger partial charge on any atom is 0.267 e. The Labute approximate surface area is 215 Å². The van der Waals surface area contributed by atoms with Gasteiger partial charge in [-0.05, 0) is 36.8 Å². The minimum absolute atomic E-state index is 0.0419. The first-order chi connectivity index (χ1) is 17.3. The van der Waals surface area contributed by atoms with Crippen LogP contribution in [0.25, 0.3) is 11.1 Å². The summed E-state index contributed by atoms with van der Waals surface area (Å²) in [5.74, 6) is 0.421. The Morgan fingerprint density at radius 1 is 0.917 bits per heavy atom. The summed E-state index contributed by atoms with van der Waals surface area (Å²) in [5.41, 5.74) is 3.13. The Hall–Kier alpha value is -3.82. The quantitative estimate of drug-likeness (QED) is 0.315. The van der Waals surface area contributed by atoms with Crippen LogP contribution in [0.2, 0.25) is 0 Å². The molecule has 186 valence electrons. The zero-order valence-corrected chi connectivity index (χ0v) is 21.9. The average Bonchev–Trinajstić information content (AvgIpc) is 3.35. The second kappa shape index (κ2) is 10.4. The van der Waals surface area contributed by atoms with Gasteiger partial charge in [-0.2, -0.15) is 0 Å². The van der Waals surface area contributed by atoms with E-state index in [0.29, 0.717) is 34.0 Å². The van der Waals surface area contributed by atoms with Crippen molar-refractivity contribution in [2.45, 2.75) is 11.8 Å². The molecule has 0 spiro atoms. The first kappa shape index (κ1) is 25.3. The van der Waals surface area contributed by atoms with E-state index in [4.69, 9.17) is 9.47 Å². The molecule has 1 aromatic heterocycles. The van der Waals surface area contributed by atoms with Gasteiger partial charge in [-0.15, -0.1) is 11.3 Å². The molecule has 36 heavy (non-hydrogen) atoms. The van der Waals surface area contributed by atoms with Crippen molar-refractivity contribution in [1.82, 2.24) is 0 Å². The van der Waals surface area contributed by atoms with E-state index in [1.54, 1.807) is 35.7 Å². The number of carbonyl (C=O) groups is 1. The molecule has 0 fully saturated rings. The Morgan fingerprint density at radius 3 is 2.22 bits per heavy atom. The molecule has 0 unspecified atom stereocenters. The molecular formula is C27H26N2O5S2. The van der Waals surface area contributed by atoms with Gasteiger partial charge in [0.2, 0.25) is 0 Å². The van der Waals surface area contributed by atoms with Gasteiger partial charge >= 0.3 is 0 Å². The van der Waals surface area contributed by atoms with Crippen molar-refractivity contribution in [1.29, 1.82) is 0 Å². The van der Waals surface area contributed by atoms with E-state index in [2.05, 4.69) is 5.32 Å². The van der Waals surface area contributed by atoms with E-state index in [1.807, 2.05) is 49.4 Å². The lowest BCUT2D eigenvalue weighted by Gasteiger charge is -2.21. The second-order valence-electron chi connectivity index (χ2n) is 8.01. The summed E-state index contributed by atoms with van der Waals surface area (Å²) < 4.78 is 39.7. The van der Waals surface area contributed by atoms with Gasteiger partial charge in [0.05, 0.1) is 19.9 Å². The molecule has 0 radical (unpaired) electrons. The van der Waals surface area contributed by atoms with Crippen LogP contribution in [0.3, 0.4) is 0 Å². The number of hydrogen-bond donors (Lipinski definition) is 1. The molecule has 0 aliphatic carbocycles. The minimum Gasteiger partial charge on any atom is -0.493 e. The molecule has 0 aliphatic rings. The van der Waals surface area contributed by atoms with Crippen LogP contribution in [0.4, 0.5) is 11.4 Å². The molecule has 0 saturated carbocycles. The van der Waals surface area contributed by atoms with Crippen molar-refractivity contribution >= 4 is 38.6 Å². The lowest BCUT2D eigenvalue weighted by molar-refractivity contribution is 0.102. The summed E-state index contributed by atoms with van der Waals surface area (Å²) in [7, 11) is 0.418. The Morgan fingerprint density at radius 2 is 1.58 bits per heavy atom. The van der Waals surface area contributed by atoms with Crippen molar-refractivity contribution in [3.63, 3.8) is 0 Å². The van der Waals surface area contributed by atoms with Gasteiger partial charge < -0.3 is 14.8 Å². The molecule has 7 nitrogen and oxygen atoms in total. The normalized spacial score (nSPS) is 11.1. The second-order valence-corrected chi connectivity index (χ2v) is 10.8. The zero-order valence-electron chi connectivity index (χ0n) is 20.3. The van der Waals surface area contributed by atoms with Gasteiger partial charge in [-0.25, -0.2) is 8.42 Å². The average molecular weight is 523 g/mol. The highest BCUT2D eigenvalue weighted by atomic mass is 32.2. The number of carbonyl (C=O) groups excluding carboxylic acids is 1. The van der Waals surface area contributed by atoms with E-state index in [1.165, 1.54) is 25.6 Å². The fourth-order valence-corrected chi connectivity index (χ4v) is 6.56. The summed E-state index contributed by atoms with van der Waals surface area (Å²) in [6.45, 7) is 1.93. The third-order valence-electron chi connectivity index (χ3n) is 5.69. The number of aryl methyl sites for hydroxylation is 1. The molecule has 3 aromatic carbocycles. The molecule has 1 amide bonds. The highest BCUT2D eigenvalue weighted by Gasteiger charge is 2.32. The summed E-state index contributed by atoms with van der Waals surface area (Å²) >= 11 is 1.08. The number of ether oxygens (including phenoxy) is 2. The van der Waals surface area contributed by atoms with E-state index >= 15 is 0 Å². The molecule has 4 aromatic rings. The van der Waals surface area contributed by atoms with E-state index < -0.39 is 15.9 Å². The number of benzene rings is 3. The fraction of sp³-hybridized carbons (Fsp3) is 0.148. The van der Waals surface area contributed by atoms with Crippen LogP contribution in [0.15, 0.2) is 83.1 Å². The number of rotatable bonds is 8. The van der Waals surface area contributed by atoms with Crippen molar-refractivity contribution < 1.29 is 22.7 Å². The number of nitrogens with zero attached hydrogens (tertiary/aromatic N) is 1. The fourth-order valence-electron chi connectivity index (χ4n) is 3.71. The lowest BCUT2D eigenvalue weighted by Crippen LogP contribution is -2.28. The minimum atomic E-state index is -4.09. The molecule has 0 bridgehead atoms. The molecular weight excluding hydrogens is 496 g/mol. The number of sulfonamides is 1. The Kier molecular flexibility index (Phi) is 7.32. The highest BCUT2D eigenvalue weighted by Crippen LogP contribution is 2.38. The van der Waals surface area contributed by atoms with Gasteiger partial charge in [0.25, 0.3) is 15.9 Å². The van der Waals surface area contributed by atoms with E-state index in [9.17, 15) is 13.2 Å². The van der Waals surface area contributed by atoms with Crippen molar-refractivity contribution in [3.8, 4) is 22.6 Å². The summed E-state index contributed by atoms with van der Waals surface area (Å²) in [6, 6.07) is 21.3. The Bertz CT molecular complexity index is 1480. The number of methoxy groups -OCH3 is 2. The predicted octanol–water partition coefficient (Wildman–Crippen LogP) is 5.82. The monoisotopic (exact) mass is 522 g/mol. The van der Waals surface area contributed by atoms with E-state index in [0.717, 1.165) is 16.9 Å². The standard InChI is InChI=1S/C27H26N2O5S2/c1-18-10-13-21(14-11-18)29(2)36(31,32)26-22(19-8-6-5-7-9-19)17-35-25(26)27(30)28-20-12-15-23(33-3)24(16-20)34-4/h5-17H,1-4H3,(H,28,30). The molecule has 1 N–H and O–H groups in total. The van der Waals surface area contributed by atoms with E-state index in [-0.39, 0.29) is 9.77 Å². The molecule has 4 rings (SSSR count). The molecule has 0 saturated heterocycles. The number of anilines is 2. The summed E-state index contributed by atoms with van der Waals surface area (Å²) in [6.07, 6.45) is 0. The molecule has 0 aliphatic heterocycles. The van der Waals surface area contributed by atoms with Crippen LogP contribution in [0.1, 0.15) is 15.2 Å². The molecule has 0 atom stereocenters. The van der Waals surface area contributed by atoms with Gasteiger partial charge in [0.15, 0.2) is 11.5 Å². The number of thiophene rings is 1. The lowest BCUT2D eigenvalue weighted by atomic mass is 10.1. The van der Waals surface area contributed by atoms with Gasteiger partial charge in [0.1, 0.15) is 9.77 Å². The number of nitrogens with one attached hydrogen (secondary N) is 1. The number of hydrogen-bond acceptors (Lipinski definition) is 6. The van der Waals surface area contributed by atoms with Crippen LogP contribution >= 0.6 is 11.3 Å². The molecule has 1 heterocycles. The smallest absolute Gasteiger partial charge is 0.267 e. The Balaban J connectivity index is 1.79. The maximum atomic E-state index is 14.0.